The number of nitrogens with zero attached hydrogens (tertiary/aromatic N) is 5. The maximum absolute atomic E-state index is 14.3. The van der Waals surface area contributed by atoms with Crippen LogP contribution in [0.15, 0.2) is 23.5 Å². The number of fused-ring (bicyclic) bond motifs is 1. The number of anilines is 1. The fraction of sp³-hybridized carbons (Fsp3) is 0.500. The smallest absolute Gasteiger partial charge is 0.225 e. The fourth-order valence-electron chi connectivity index (χ4n) is 3.49. The van der Waals surface area contributed by atoms with Gasteiger partial charge in [0.25, 0.3) is 0 Å². The van der Waals surface area contributed by atoms with E-state index in [0.29, 0.717) is 24.2 Å². The summed E-state index contributed by atoms with van der Waals surface area (Å²) in [6.07, 6.45) is 2.78. The van der Waals surface area contributed by atoms with Gasteiger partial charge in [0.1, 0.15) is 16.9 Å². The quantitative estimate of drug-likeness (QED) is 0.859. The van der Waals surface area contributed by atoms with Crippen molar-refractivity contribution in [3.63, 3.8) is 0 Å². The minimum atomic E-state index is -1.89. The molecule has 1 saturated heterocycles. The molecule has 2 N–H and O–H groups in total. The molecule has 2 aromatic heterocycles. The Morgan fingerprint density at radius 2 is 2.23 bits per heavy atom. The third-order valence-corrected chi connectivity index (χ3v) is 6.60. The zero-order valence-electron chi connectivity index (χ0n) is 14.3. The molecule has 0 amide bonds. The molecule has 0 bridgehead atoms. The lowest BCUT2D eigenvalue weighted by molar-refractivity contribution is 0.205. The topological polar surface area (TPSA) is 80.3 Å². The van der Waals surface area contributed by atoms with Crippen LogP contribution in [-0.2, 0) is 11.2 Å². The van der Waals surface area contributed by atoms with Crippen molar-refractivity contribution in [3.05, 3.63) is 34.8 Å². The van der Waals surface area contributed by atoms with Crippen molar-refractivity contribution in [1.82, 2.24) is 14.3 Å². The second kappa shape index (κ2) is 6.12. The number of halogens is 2. The molecule has 1 fully saturated rings. The molecule has 26 heavy (non-hydrogen) atoms. The highest BCUT2D eigenvalue weighted by molar-refractivity contribution is 8.13. The van der Waals surface area contributed by atoms with E-state index in [4.69, 9.17) is 10.7 Å². The second-order valence-corrected chi connectivity index (χ2v) is 8.85. The van der Waals surface area contributed by atoms with Gasteiger partial charge >= 0.3 is 0 Å². The van der Waals surface area contributed by atoms with E-state index >= 15 is 0 Å². The molecule has 2 aliphatic heterocycles. The van der Waals surface area contributed by atoms with Crippen molar-refractivity contribution < 1.29 is 8.78 Å². The molecular formula is C16H18F2N6S2. The molecule has 0 aromatic carbocycles. The van der Waals surface area contributed by atoms with Crippen LogP contribution in [0.25, 0.3) is 0 Å². The molecule has 2 unspecified atom stereocenters. The molecule has 0 aliphatic carbocycles. The van der Waals surface area contributed by atoms with Gasteiger partial charge in [-0.05, 0) is 31.4 Å². The van der Waals surface area contributed by atoms with Crippen molar-refractivity contribution in [2.24, 2.45) is 16.6 Å². The molecule has 4 rings (SSSR count). The van der Waals surface area contributed by atoms with Crippen molar-refractivity contribution in [2.45, 2.75) is 25.1 Å². The van der Waals surface area contributed by atoms with E-state index in [1.807, 2.05) is 11.0 Å². The number of hydrogen-bond donors (Lipinski definition) is 1. The van der Waals surface area contributed by atoms with E-state index in [0.717, 1.165) is 16.8 Å². The molecule has 0 radical (unpaired) electrons. The summed E-state index contributed by atoms with van der Waals surface area (Å²) in [5.41, 5.74) is 3.38. The lowest BCUT2D eigenvalue weighted by Gasteiger charge is -2.32. The normalized spacial score (nSPS) is 25.9. The van der Waals surface area contributed by atoms with Gasteiger partial charge in [-0.25, -0.2) is 28.1 Å². The van der Waals surface area contributed by atoms with Gasteiger partial charge in [-0.15, -0.1) is 0 Å². The maximum Gasteiger partial charge on any atom is 0.225 e. The molecule has 2 atom stereocenters. The highest BCUT2D eigenvalue weighted by Crippen LogP contribution is 2.47. The van der Waals surface area contributed by atoms with Gasteiger partial charge in [0.05, 0.1) is 17.6 Å². The number of amidine groups is 1. The van der Waals surface area contributed by atoms with Crippen LogP contribution in [0.4, 0.5) is 14.7 Å². The maximum atomic E-state index is 14.3. The van der Waals surface area contributed by atoms with Gasteiger partial charge in [-0.3, -0.25) is 0 Å². The first-order chi connectivity index (χ1) is 12.3. The first kappa shape index (κ1) is 17.6. The Labute approximate surface area is 158 Å². The average molecular weight is 396 g/mol. The lowest BCUT2D eigenvalue weighted by atomic mass is 9.87. The van der Waals surface area contributed by atoms with Crippen LogP contribution >= 0.6 is 23.3 Å². The molecule has 0 saturated carbocycles. The number of rotatable bonds is 3. The van der Waals surface area contributed by atoms with E-state index in [1.165, 1.54) is 37.1 Å². The fourth-order valence-corrected chi connectivity index (χ4v) is 5.26. The first-order valence-corrected chi connectivity index (χ1v) is 9.92. The van der Waals surface area contributed by atoms with Crippen molar-refractivity contribution in [2.75, 3.05) is 23.7 Å². The molecule has 6 nitrogen and oxygen atoms in total. The molecule has 2 aromatic rings. The minimum absolute atomic E-state index is 0.190. The predicted molar refractivity (Wildman–Crippen MR) is 99.7 cm³/mol. The van der Waals surface area contributed by atoms with Crippen LogP contribution in [0.5, 0.6) is 0 Å². The Morgan fingerprint density at radius 1 is 1.42 bits per heavy atom. The van der Waals surface area contributed by atoms with Crippen LogP contribution in [0, 0.1) is 11.7 Å². The third kappa shape index (κ3) is 2.84. The molecule has 0 spiro atoms. The van der Waals surface area contributed by atoms with Gasteiger partial charge < -0.3 is 10.6 Å². The molecule has 138 valence electrons. The largest absolute Gasteiger partial charge is 0.379 e. The molecule has 2 aliphatic rings. The molecule has 10 heteroatoms. The number of nitrogens with two attached hydrogens (primary N) is 1. The summed E-state index contributed by atoms with van der Waals surface area (Å²) in [5.74, 6) is 0.569. The van der Waals surface area contributed by atoms with Crippen LogP contribution in [-0.4, -0.2) is 38.4 Å². The number of aromatic nitrogens is 3. The van der Waals surface area contributed by atoms with Crippen LogP contribution in [0.1, 0.15) is 24.4 Å². The second-order valence-electron chi connectivity index (χ2n) is 6.98. The monoisotopic (exact) mass is 396 g/mol. The Kier molecular flexibility index (Phi) is 4.14. The summed E-state index contributed by atoms with van der Waals surface area (Å²) >= 11 is 2.92. The van der Waals surface area contributed by atoms with Crippen molar-refractivity contribution in [1.29, 1.82) is 0 Å². The lowest BCUT2D eigenvalue weighted by Crippen LogP contribution is -2.39. The van der Waals surface area contributed by atoms with Gasteiger partial charge in [0.15, 0.2) is 11.0 Å². The highest BCUT2D eigenvalue weighted by Gasteiger charge is 2.51. The van der Waals surface area contributed by atoms with Crippen molar-refractivity contribution >= 4 is 34.4 Å². The van der Waals surface area contributed by atoms with E-state index in [9.17, 15) is 8.78 Å². The highest BCUT2D eigenvalue weighted by atomic mass is 32.2. The number of aliphatic imine (C=N–C) groups is 1. The van der Waals surface area contributed by atoms with Gasteiger partial charge in [0.2, 0.25) is 5.95 Å². The number of thioether (sulfide) groups is 1. The van der Waals surface area contributed by atoms with Crippen LogP contribution < -0.4 is 10.6 Å². The summed E-state index contributed by atoms with van der Waals surface area (Å²) in [7, 11) is 0. The summed E-state index contributed by atoms with van der Waals surface area (Å²) in [6, 6.07) is 1.95. The van der Waals surface area contributed by atoms with Crippen LogP contribution in [0.2, 0.25) is 0 Å². The zero-order chi connectivity index (χ0) is 18.5. The van der Waals surface area contributed by atoms with E-state index in [1.54, 1.807) is 6.20 Å². The predicted octanol–water partition coefficient (Wildman–Crippen LogP) is 2.67. The first-order valence-electron chi connectivity index (χ1n) is 8.16. The Balaban J connectivity index is 1.74. The molecule has 4 heterocycles. The number of alkyl halides is 1. The van der Waals surface area contributed by atoms with Crippen molar-refractivity contribution in [3.8, 4) is 0 Å². The standard InChI is InChI=1S/C16H18F2N6S2/c1-15(2,18)12-10(17)5-20-14(22-12)24-6-9-7-25-13(19)23-16(9,8-24)11-3-4-21-26-11/h3-5,9H,6-8H2,1-2H3,(H2,19,23). The summed E-state index contributed by atoms with van der Waals surface area (Å²) in [6.45, 7) is 3.71. The minimum Gasteiger partial charge on any atom is -0.379 e. The van der Waals surface area contributed by atoms with Gasteiger partial charge in [-0.1, -0.05) is 11.8 Å². The SMILES string of the molecule is CC(C)(F)c1nc(N2CC3CSC(N)=NC3(c3ccns3)C2)ncc1F. The van der Waals surface area contributed by atoms with E-state index < -0.39 is 17.0 Å². The Hall–Kier alpha value is -1.81. The summed E-state index contributed by atoms with van der Waals surface area (Å²) in [4.78, 5) is 16.0. The van der Waals surface area contributed by atoms with Gasteiger partial charge in [0, 0.05) is 24.4 Å². The van der Waals surface area contributed by atoms with E-state index in [2.05, 4.69) is 14.3 Å². The third-order valence-electron chi connectivity index (χ3n) is 4.73. The van der Waals surface area contributed by atoms with Crippen LogP contribution in [0.3, 0.4) is 0 Å². The summed E-state index contributed by atoms with van der Waals surface area (Å²) < 4.78 is 32.5. The Bertz CT molecular complexity index is 851. The Morgan fingerprint density at radius 3 is 2.92 bits per heavy atom. The molecular weight excluding hydrogens is 378 g/mol. The van der Waals surface area contributed by atoms with E-state index in [-0.39, 0.29) is 11.6 Å². The number of hydrogen-bond acceptors (Lipinski definition) is 8. The average Bonchev–Trinajstić information content (AvgIpc) is 3.22. The zero-order valence-corrected chi connectivity index (χ0v) is 15.9. The summed E-state index contributed by atoms with van der Waals surface area (Å²) in [5, 5.41) is 0.544. The van der Waals surface area contributed by atoms with Gasteiger partial charge in [-0.2, -0.15) is 0 Å².